The van der Waals surface area contributed by atoms with Crippen molar-refractivity contribution in [2.45, 2.75) is 40.5 Å². The average molecular weight is 153 g/mol. The smallest absolute Gasteiger partial charge is 0.0146 e. The lowest BCUT2D eigenvalue weighted by molar-refractivity contribution is 0.448. The zero-order valence-corrected chi connectivity index (χ0v) is 8.12. The van der Waals surface area contributed by atoms with E-state index in [4.69, 9.17) is 0 Å². The van der Waals surface area contributed by atoms with Gasteiger partial charge in [0.1, 0.15) is 0 Å². The molecule has 1 heterocycles. The maximum Gasteiger partial charge on any atom is 0.0146 e. The first-order valence-corrected chi connectivity index (χ1v) is 4.46. The molecule has 1 aliphatic rings. The first kappa shape index (κ1) is 8.63. The van der Waals surface area contributed by atoms with Gasteiger partial charge >= 0.3 is 0 Å². The summed E-state index contributed by atoms with van der Waals surface area (Å²) in [5.41, 5.74) is 3.37. The highest BCUT2D eigenvalue weighted by Crippen LogP contribution is 2.32. The van der Waals surface area contributed by atoms with Crippen molar-refractivity contribution in [3.05, 3.63) is 11.3 Å². The molecule has 1 rings (SSSR count). The molecule has 1 nitrogen and oxygen atoms in total. The van der Waals surface area contributed by atoms with Crippen molar-refractivity contribution in [3.8, 4) is 0 Å². The molecule has 0 saturated carbocycles. The van der Waals surface area contributed by atoms with Crippen LogP contribution in [0, 0.1) is 5.41 Å². The minimum atomic E-state index is 0.359. The van der Waals surface area contributed by atoms with E-state index in [0.717, 1.165) is 6.54 Å². The fourth-order valence-electron chi connectivity index (χ4n) is 1.77. The molecule has 0 aromatic carbocycles. The predicted molar refractivity (Wildman–Crippen MR) is 49.4 cm³/mol. The van der Waals surface area contributed by atoms with Crippen molar-refractivity contribution in [3.63, 3.8) is 0 Å². The topological polar surface area (TPSA) is 12.0 Å². The van der Waals surface area contributed by atoms with Gasteiger partial charge in [0.15, 0.2) is 0 Å². The molecule has 0 atom stereocenters. The molecular weight excluding hydrogens is 134 g/mol. The Balaban J connectivity index is 2.83. The highest BCUT2D eigenvalue weighted by Gasteiger charge is 2.20. The van der Waals surface area contributed by atoms with Gasteiger partial charge in [0, 0.05) is 12.2 Å². The van der Waals surface area contributed by atoms with Crippen LogP contribution in [-0.2, 0) is 0 Å². The molecule has 1 aliphatic heterocycles. The minimum Gasteiger partial charge on any atom is -0.389 e. The van der Waals surface area contributed by atoms with E-state index in [2.05, 4.69) is 33.0 Å². The lowest BCUT2D eigenvalue weighted by atomic mass is 9.81. The normalized spacial score (nSPS) is 20.0. The number of rotatable bonds is 0. The average Bonchev–Trinajstić information content (AvgIpc) is 1.86. The van der Waals surface area contributed by atoms with Crippen LogP contribution in [0.15, 0.2) is 11.3 Å². The molecule has 0 bridgehead atoms. The standard InChI is InChI=1S/C10H19N/c1-8-9(10(2,3)4)6-5-7-11-8/h11H,5-7H2,1-4H3. The maximum atomic E-state index is 3.42. The molecule has 64 valence electrons. The lowest BCUT2D eigenvalue weighted by Gasteiger charge is -2.29. The van der Waals surface area contributed by atoms with Crippen LogP contribution < -0.4 is 5.32 Å². The molecule has 11 heavy (non-hydrogen) atoms. The third-order valence-electron chi connectivity index (χ3n) is 2.35. The van der Waals surface area contributed by atoms with Crippen LogP contribution in [-0.4, -0.2) is 6.54 Å². The van der Waals surface area contributed by atoms with E-state index in [1.807, 2.05) is 0 Å². The summed E-state index contributed by atoms with van der Waals surface area (Å²) in [5.74, 6) is 0. The zero-order chi connectivity index (χ0) is 8.48. The Morgan fingerprint density at radius 1 is 1.27 bits per heavy atom. The molecule has 0 fully saturated rings. The summed E-state index contributed by atoms with van der Waals surface area (Å²) in [7, 11) is 0. The fourth-order valence-corrected chi connectivity index (χ4v) is 1.77. The van der Waals surface area contributed by atoms with E-state index < -0.39 is 0 Å². The molecule has 0 unspecified atom stereocenters. The van der Waals surface area contributed by atoms with Crippen LogP contribution in [0.1, 0.15) is 40.5 Å². The van der Waals surface area contributed by atoms with Gasteiger partial charge in [-0.1, -0.05) is 20.8 Å². The highest BCUT2D eigenvalue weighted by atomic mass is 14.9. The van der Waals surface area contributed by atoms with Gasteiger partial charge in [0.25, 0.3) is 0 Å². The van der Waals surface area contributed by atoms with Crippen LogP contribution in [0.5, 0.6) is 0 Å². The summed E-state index contributed by atoms with van der Waals surface area (Å²) >= 11 is 0. The molecule has 0 aromatic rings. The highest BCUT2D eigenvalue weighted by molar-refractivity contribution is 5.19. The minimum absolute atomic E-state index is 0.359. The Bertz CT molecular complexity index is 172. The van der Waals surface area contributed by atoms with Crippen molar-refractivity contribution in [2.75, 3.05) is 6.54 Å². The fraction of sp³-hybridized carbons (Fsp3) is 0.800. The molecule has 0 spiro atoms. The number of hydrogen-bond acceptors (Lipinski definition) is 1. The number of nitrogens with one attached hydrogen (secondary N) is 1. The van der Waals surface area contributed by atoms with Gasteiger partial charge in [-0.3, -0.25) is 0 Å². The van der Waals surface area contributed by atoms with Crippen LogP contribution in [0.25, 0.3) is 0 Å². The second-order valence-electron chi connectivity index (χ2n) is 4.38. The Morgan fingerprint density at radius 3 is 2.27 bits per heavy atom. The summed E-state index contributed by atoms with van der Waals surface area (Å²) in [6, 6.07) is 0. The van der Waals surface area contributed by atoms with Crippen LogP contribution in [0.2, 0.25) is 0 Å². The van der Waals surface area contributed by atoms with Crippen molar-refractivity contribution < 1.29 is 0 Å². The second-order valence-corrected chi connectivity index (χ2v) is 4.38. The van der Waals surface area contributed by atoms with Crippen LogP contribution in [0.4, 0.5) is 0 Å². The zero-order valence-electron chi connectivity index (χ0n) is 8.12. The maximum absolute atomic E-state index is 3.42. The van der Waals surface area contributed by atoms with E-state index in [-0.39, 0.29) is 0 Å². The van der Waals surface area contributed by atoms with Crippen molar-refractivity contribution in [1.82, 2.24) is 5.32 Å². The summed E-state index contributed by atoms with van der Waals surface area (Å²) in [6.45, 7) is 10.2. The molecule has 1 heteroatoms. The van der Waals surface area contributed by atoms with Gasteiger partial charge in [-0.15, -0.1) is 0 Å². The Hall–Kier alpha value is -0.460. The second kappa shape index (κ2) is 2.88. The molecular formula is C10H19N. The Labute approximate surface area is 69.9 Å². The van der Waals surface area contributed by atoms with E-state index in [1.54, 1.807) is 5.57 Å². The molecule has 0 aliphatic carbocycles. The van der Waals surface area contributed by atoms with E-state index in [0.29, 0.717) is 5.41 Å². The van der Waals surface area contributed by atoms with Gasteiger partial charge in [0.2, 0.25) is 0 Å². The van der Waals surface area contributed by atoms with Crippen LogP contribution in [0.3, 0.4) is 0 Å². The van der Waals surface area contributed by atoms with E-state index >= 15 is 0 Å². The van der Waals surface area contributed by atoms with Gasteiger partial charge in [0.05, 0.1) is 0 Å². The summed E-state index contributed by atoms with van der Waals surface area (Å²) in [6.07, 6.45) is 2.58. The van der Waals surface area contributed by atoms with E-state index in [9.17, 15) is 0 Å². The SMILES string of the molecule is CC1=C(C(C)(C)C)CCCN1. The van der Waals surface area contributed by atoms with Crippen LogP contribution >= 0.6 is 0 Å². The van der Waals surface area contributed by atoms with Gasteiger partial charge < -0.3 is 5.32 Å². The molecule has 0 saturated heterocycles. The monoisotopic (exact) mass is 153 g/mol. The lowest BCUT2D eigenvalue weighted by Crippen LogP contribution is -2.25. The summed E-state index contributed by atoms with van der Waals surface area (Å²) in [5, 5.41) is 3.42. The van der Waals surface area contributed by atoms with Crippen molar-refractivity contribution in [2.24, 2.45) is 5.41 Å². The molecule has 0 aromatic heterocycles. The van der Waals surface area contributed by atoms with E-state index in [1.165, 1.54) is 18.5 Å². The number of allylic oxidation sites excluding steroid dienone is 2. The first-order chi connectivity index (χ1) is 5.02. The van der Waals surface area contributed by atoms with Gasteiger partial charge in [-0.05, 0) is 30.8 Å². The Morgan fingerprint density at radius 2 is 1.91 bits per heavy atom. The van der Waals surface area contributed by atoms with Crippen molar-refractivity contribution in [1.29, 1.82) is 0 Å². The quantitative estimate of drug-likeness (QED) is 0.564. The first-order valence-electron chi connectivity index (χ1n) is 4.46. The summed E-state index contributed by atoms with van der Waals surface area (Å²) < 4.78 is 0. The molecule has 1 N–H and O–H groups in total. The Kier molecular flexibility index (Phi) is 2.26. The third-order valence-corrected chi connectivity index (χ3v) is 2.35. The third kappa shape index (κ3) is 1.98. The molecule has 0 radical (unpaired) electrons. The summed E-state index contributed by atoms with van der Waals surface area (Å²) in [4.78, 5) is 0. The van der Waals surface area contributed by atoms with Gasteiger partial charge in [-0.2, -0.15) is 0 Å². The largest absolute Gasteiger partial charge is 0.389 e. The van der Waals surface area contributed by atoms with Gasteiger partial charge in [-0.25, -0.2) is 0 Å². The predicted octanol–water partition coefficient (Wildman–Crippen LogP) is 2.69. The van der Waals surface area contributed by atoms with Crippen molar-refractivity contribution >= 4 is 0 Å². The molecule has 0 amide bonds. The number of hydrogen-bond donors (Lipinski definition) is 1.